The fourth-order valence-corrected chi connectivity index (χ4v) is 4.09. The first kappa shape index (κ1) is 16.4. The first-order valence-electron chi connectivity index (χ1n) is 7.89. The zero-order chi connectivity index (χ0) is 15.7. The molecule has 118 valence electrons. The van der Waals surface area contributed by atoms with Gasteiger partial charge in [-0.1, -0.05) is 20.8 Å². The Labute approximate surface area is 129 Å². The van der Waals surface area contributed by atoms with Gasteiger partial charge in [-0.25, -0.2) is 4.98 Å². The summed E-state index contributed by atoms with van der Waals surface area (Å²) < 4.78 is 8.60. The summed E-state index contributed by atoms with van der Waals surface area (Å²) in [5, 5.41) is 0.271. The molecule has 0 aromatic carbocycles. The molecule has 0 radical (unpaired) electrons. The molecule has 0 amide bonds. The summed E-state index contributed by atoms with van der Waals surface area (Å²) in [7, 11) is -1.66. The van der Waals surface area contributed by atoms with Crippen LogP contribution < -0.4 is 0 Å². The minimum absolute atomic E-state index is 0.271. The van der Waals surface area contributed by atoms with Gasteiger partial charge in [0.1, 0.15) is 5.69 Å². The maximum atomic E-state index is 10.7. The largest absolute Gasteiger partial charge is 0.414 e. The monoisotopic (exact) mass is 308 g/mol. The zero-order valence-corrected chi connectivity index (χ0v) is 14.9. The summed E-state index contributed by atoms with van der Waals surface area (Å²) in [5.41, 5.74) is 0.523. The molecule has 1 aliphatic carbocycles. The molecule has 1 saturated carbocycles. The van der Waals surface area contributed by atoms with E-state index in [2.05, 4.69) is 43.4 Å². The Morgan fingerprint density at radius 1 is 1.29 bits per heavy atom. The van der Waals surface area contributed by atoms with E-state index >= 15 is 0 Å². The van der Waals surface area contributed by atoms with Crippen molar-refractivity contribution in [3.05, 3.63) is 18.2 Å². The molecule has 5 heteroatoms. The van der Waals surface area contributed by atoms with Crippen molar-refractivity contribution in [2.75, 3.05) is 0 Å². The van der Waals surface area contributed by atoms with Gasteiger partial charge < -0.3 is 8.99 Å². The second kappa shape index (κ2) is 6.05. The summed E-state index contributed by atoms with van der Waals surface area (Å²) in [6.07, 6.45) is 9.26. The Hall–Kier alpha value is -0.943. The van der Waals surface area contributed by atoms with Crippen LogP contribution in [0.2, 0.25) is 18.1 Å². The average molecular weight is 308 g/mol. The number of carbonyl (C=O) groups is 1. The van der Waals surface area contributed by atoms with Gasteiger partial charge in [-0.05, 0) is 43.8 Å². The summed E-state index contributed by atoms with van der Waals surface area (Å²) in [6.45, 7) is 11.5. The van der Waals surface area contributed by atoms with Crippen LogP contribution in [0.15, 0.2) is 12.5 Å². The van der Waals surface area contributed by atoms with E-state index in [1.54, 1.807) is 6.33 Å². The molecular formula is C16H28N2O2Si. The van der Waals surface area contributed by atoms with Gasteiger partial charge in [0.15, 0.2) is 14.6 Å². The zero-order valence-electron chi connectivity index (χ0n) is 13.9. The molecule has 21 heavy (non-hydrogen) atoms. The normalized spacial score (nSPS) is 24.0. The van der Waals surface area contributed by atoms with Crippen molar-refractivity contribution in [3.8, 4) is 0 Å². The third-order valence-electron chi connectivity index (χ3n) is 5.08. The molecule has 0 bridgehead atoms. The molecule has 1 aromatic rings. The van der Waals surface area contributed by atoms with Crippen LogP contribution in [-0.2, 0) is 4.43 Å². The summed E-state index contributed by atoms with van der Waals surface area (Å²) in [5.74, 6) is 0. The number of imidazole rings is 1. The lowest BCUT2D eigenvalue weighted by Gasteiger charge is -2.41. The highest BCUT2D eigenvalue weighted by molar-refractivity contribution is 6.74. The van der Waals surface area contributed by atoms with E-state index in [4.69, 9.17) is 4.43 Å². The lowest BCUT2D eigenvalue weighted by molar-refractivity contribution is 0.111. The second-order valence-electron chi connectivity index (χ2n) is 7.67. The molecule has 0 N–H and O–H groups in total. The highest BCUT2D eigenvalue weighted by Gasteiger charge is 2.39. The highest BCUT2D eigenvalue weighted by atomic mass is 28.4. The van der Waals surface area contributed by atoms with E-state index in [0.29, 0.717) is 17.8 Å². The van der Waals surface area contributed by atoms with E-state index in [1.807, 2.05) is 6.20 Å². The molecule has 4 nitrogen and oxygen atoms in total. The summed E-state index contributed by atoms with van der Waals surface area (Å²) >= 11 is 0. The SMILES string of the molecule is CC(C)(C)[Si](C)(C)OC1CCC(n2cnc(C=O)c2)CC1. The third-order valence-corrected chi connectivity index (χ3v) is 9.61. The molecule has 0 aliphatic heterocycles. The van der Waals surface area contributed by atoms with Crippen molar-refractivity contribution in [1.82, 2.24) is 9.55 Å². The third kappa shape index (κ3) is 3.83. The Bertz CT molecular complexity index is 483. The second-order valence-corrected chi connectivity index (χ2v) is 12.4. The quantitative estimate of drug-likeness (QED) is 0.618. The summed E-state index contributed by atoms with van der Waals surface area (Å²) in [6, 6.07) is 0.463. The molecular weight excluding hydrogens is 280 g/mol. The first-order chi connectivity index (χ1) is 9.73. The van der Waals surface area contributed by atoms with Crippen molar-refractivity contribution in [3.63, 3.8) is 0 Å². The number of aldehydes is 1. The number of nitrogens with zero attached hydrogens (tertiary/aromatic N) is 2. The molecule has 1 heterocycles. The van der Waals surface area contributed by atoms with Gasteiger partial charge in [-0.15, -0.1) is 0 Å². The molecule has 1 fully saturated rings. The molecule has 1 aliphatic rings. The smallest absolute Gasteiger partial charge is 0.192 e. The van der Waals surface area contributed by atoms with Crippen molar-refractivity contribution >= 4 is 14.6 Å². The Morgan fingerprint density at radius 3 is 2.38 bits per heavy atom. The van der Waals surface area contributed by atoms with Gasteiger partial charge in [0.25, 0.3) is 0 Å². The molecule has 2 rings (SSSR count). The van der Waals surface area contributed by atoms with Gasteiger partial charge in [0.2, 0.25) is 0 Å². The molecule has 1 aromatic heterocycles. The van der Waals surface area contributed by atoms with Gasteiger partial charge >= 0.3 is 0 Å². The van der Waals surface area contributed by atoms with Crippen molar-refractivity contribution in [1.29, 1.82) is 0 Å². The Morgan fingerprint density at radius 2 is 1.90 bits per heavy atom. The lowest BCUT2D eigenvalue weighted by Crippen LogP contribution is -2.44. The lowest BCUT2D eigenvalue weighted by atomic mass is 9.93. The van der Waals surface area contributed by atoms with Gasteiger partial charge in [0.05, 0.1) is 6.33 Å². The number of carbonyl (C=O) groups excluding carboxylic acids is 1. The summed E-state index contributed by atoms with van der Waals surface area (Å²) in [4.78, 5) is 14.8. The maximum Gasteiger partial charge on any atom is 0.192 e. The predicted molar refractivity (Wildman–Crippen MR) is 87.2 cm³/mol. The number of hydrogen-bond acceptors (Lipinski definition) is 3. The molecule has 0 unspecified atom stereocenters. The van der Waals surface area contributed by atoms with Crippen molar-refractivity contribution < 1.29 is 9.22 Å². The maximum absolute atomic E-state index is 10.7. The fourth-order valence-electron chi connectivity index (χ4n) is 2.67. The van der Waals surface area contributed by atoms with Gasteiger partial charge in [0, 0.05) is 18.3 Å². The van der Waals surface area contributed by atoms with Crippen LogP contribution in [0.1, 0.15) is 63.0 Å². The van der Waals surface area contributed by atoms with E-state index < -0.39 is 8.32 Å². The van der Waals surface area contributed by atoms with Crippen LogP contribution in [0.5, 0.6) is 0 Å². The topological polar surface area (TPSA) is 44.1 Å². The van der Waals surface area contributed by atoms with Crippen LogP contribution in [0.25, 0.3) is 0 Å². The van der Waals surface area contributed by atoms with Crippen LogP contribution in [0.4, 0.5) is 0 Å². The molecule has 0 atom stereocenters. The van der Waals surface area contributed by atoms with E-state index in [9.17, 15) is 4.79 Å². The van der Waals surface area contributed by atoms with E-state index in [1.165, 1.54) is 0 Å². The highest BCUT2D eigenvalue weighted by Crippen LogP contribution is 2.40. The Kier molecular flexibility index (Phi) is 4.73. The Balaban J connectivity index is 1.90. The standard InChI is InChI=1S/C16H28N2O2Si/c1-16(2,3)21(4,5)20-15-8-6-14(7-9-15)18-10-13(11-19)17-12-18/h10-12,14-15H,6-9H2,1-5H3. The van der Waals surface area contributed by atoms with Crippen LogP contribution >= 0.6 is 0 Å². The number of hydrogen-bond donors (Lipinski definition) is 0. The van der Waals surface area contributed by atoms with Gasteiger partial charge in [-0.2, -0.15) is 0 Å². The number of aromatic nitrogens is 2. The minimum Gasteiger partial charge on any atom is -0.414 e. The predicted octanol–water partition coefficient (Wildman–Crippen LogP) is 4.20. The molecule has 0 saturated heterocycles. The van der Waals surface area contributed by atoms with E-state index in [-0.39, 0.29) is 5.04 Å². The van der Waals surface area contributed by atoms with Crippen LogP contribution in [0, 0.1) is 0 Å². The van der Waals surface area contributed by atoms with Gasteiger partial charge in [-0.3, -0.25) is 4.79 Å². The molecule has 0 spiro atoms. The fraction of sp³-hybridized carbons (Fsp3) is 0.750. The first-order valence-corrected chi connectivity index (χ1v) is 10.8. The average Bonchev–Trinajstić information content (AvgIpc) is 2.86. The van der Waals surface area contributed by atoms with Crippen LogP contribution in [-0.4, -0.2) is 30.3 Å². The number of rotatable bonds is 4. The van der Waals surface area contributed by atoms with Crippen molar-refractivity contribution in [2.24, 2.45) is 0 Å². The van der Waals surface area contributed by atoms with Crippen LogP contribution in [0.3, 0.4) is 0 Å². The van der Waals surface area contributed by atoms with E-state index in [0.717, 1.165) is 32.0 Å². The van der Waals surface area contributed by atoms with Crippen molar-refractivity contribution in [2.45, 2.75) is 76.7 Å². The minimum atomic E-state index is -1.66.